The van der Waals surface area contributed by atoms with E-state index >= 15 is 0 Å². The van der Waals surface area contributed by atoms with Crippen LogP contribution in [0.4, 0.5) is 0 Å². The highest BCUT2D eigenvalue weighted by Crippen LogP contribution is 2.29. The molecule has 0 saturated heterocycles. The number of esters is 1. The predicted octanol–water partition coefficient (Wildman–Crippen LogP) is 1.85. The molecule has 0 radical (unpaired) electrons. The number of hydrogen-bond acceptors (Lipinski definition) is 3. The van der Waals surface area contributed by atoms with Gasteiger partial charge >= 0.3 is 5.97 Å². The van der Waals surface area contributed by atoms with E-state index in [1.165, 1.54) is 19.3 Å². The Kier molecular flexibility index (Phi) is 4.94. The number of ether oxygens (including phenoxy) is 1. The third-order valence-electron chi connectivity index (χ3n) is 2.90. The third kappa shape index (κ3) is 3.66. The summed E-state index contributed by atoms with van der Waals surface area (Å²) in [7, 11) is 0. The Morgan fingerprint density at radius 1 is 1.57 bits per heavy atom. The molecule has 0 aromatic heterocycles. The summed E-state index contributed by atoms with van der Waals surface area (Å²) in [5.74, 6) is 0.566. The maximum atomic E-state index is 11.3. The molecule has 1 saturated carbocycles. The molecule has 0 spiro atoms. The van der Waals surface area contributed by atoms with E-state index in [0.29, 0.717) is 6.61 Å². The minimum atomic E-state index is -0.415. The lowest BCUT2D eigenvalue weighted by atomic mass is 9.83. The lowest BCUT2D eigenvalue weighted by Crippen LogP contribution is -2.32. The van der Waals surface area contributed by atoms with Crippen molar-refractivity contribution in [1.29, 1.82) is 0 Å². The predicted molar refractivity (Wildman–Crippen MR) is 55.8 cm³/mol. The molecule has 0 amide bonds. The Balaban J connectivity index is 2.01. The molecule has 0 bridgehead atoms. The van der Waals surface area contributed by atoms with Gasteiger partial charge in [-0.25, -0.2) is 0 Å². The van der Waals surface area contributed by atoms with Gasteiger partial charge in [0.15, 0.2) is 0 Å². The van der Waals surface area contributed by atoms with Crippen LogP contribution < -0.4 is 5.73 Å². The minimum absolute atomic E-state index is 0.230. The van der Waals surface area contributed by atoms with Crippen molar-refractivity contribution in [3.8, 4) is 0 Å². The topological polar surface area (TPSA) is 52.3 Å². The van der Waals surface area contributed by atoms with E-state index < -0.39 is 6.04 Å². The smallest absolute Gasteiger partial charge is 0.322 e. The van der Waals surface area contributed by atoms with Gasteiger partial charge in [-0.15, -0.1) is 0 Å². The van der Waals surface area contributed by atoms with Gasteiger partial charge in [0.2, 0.25) is 0 Å². The van der Waals surface area contributed by atoms with Crippen molar-refractivity contribution in [3.05, 3.63) is 0 Å². The van der Waals surface area contributed by atoms with E-state index in [9.17, 15) is 4.79 Å². The largest absolute Gasteiger partial charge is 0.465 e. The van der Waals surface area contributed by atoms with Crippen LogP contribution in [0, 0.1) is 5.92 Å². The molecule has 3 heteroatoms. The van der Waals surface area contributed by atoms with Crippen LogP contribution in [0.3, 0.4) is 0 Å². The lowest BCUT2D eigenvalue weighted by molar-refractivity contribution is -0.145. The summed E-state index contributed by atoms with van der Waals surface area (Å²) >= 11 is 0. The van der Waals surface area contributed by atoms with Gasteiger partial charge in [-0.2, -0.15) is 0 Å². The molecule has 3 nitrogen and oxygen atoms in total. The SMILES string of the molecule is CCCC(N)C(=O)OCCC1CCC1. The fourth-order valence-electron chi connectivity index (χ4n) is 1.64. The number of carbonyl (C=O) groups is 1. The molecule has 14 heavy (non-hydrogen) atoms. The van der Waals surface area contributed by atoms with Crippen LogP contribution in [-0.2, 0) is 9.53 Å². The summed E-state index contributed by atoms with van der Waals surface area (Å²) in [6.45, 7) is 2.57. The van der Waals surface area contributed by atoms with Crippen LogP contribution in [0.5, 0.6) is 0 Å². The Bertz CT molecular complexity index is 178. The summed E-state index contributed by atoms with van der Waals surface area (Å²) < 4.78 is 5.10. The zero-order valence-electron chi connectivity index (χ0n) is 9.00. The Labute approximate surface area is 86.0 Å². The molecule has 0 aromatic rings. The molecule has 0 aromatic carbocycles. The van der Waals surface area contributed by atoms with Crippen molar-refractivity contribution in [2.75, 3.05) is 6.61 Å². The molecule has 1 fully saturated rings. The second-order valence-corrected chi connectivity index (χ2v) is 4.15. The highest BCUT2D eigenvalue weighted by Gasteiger charge is 2.18. The molecule has 0 aliphatic heterocycles. The Hall–Kier alpha value is -0.570. The van der Waals surface area contributed by atoms with E-state index in [1.54, 1.807) is 0 Å². The molecule has 1 aliphatic carbocycles. The highest BCUT2D eigenvalue weighted by atomic mass is 16.5. The van der Waals surface area contributed by atoms with E-state index in [0.717, 1.165) is 25.2 Å². The number of rotatable bonds is 6. The van der Waals surface area contributed by atoms with Crippen molar-refractivity contribution >= 4 is 5.97 Å². The third-order valence-corrected chi connectivity index (χ3v) is 2.90. The fourth-order valence-corrected chi connectivity index (χ4v) is 1.64. The minimum Gasteiger partial charge on any atom is -0.465 e. The van der Waals surface area contributed by atoms with Gasteiger partial charge in [0.25, 0.3) is 0 Å². The Morgan fingerprint density at radius 2 is 2.29 bits per heavy atom. The second-order valence-electron chi connectivity index (χ2n) is 4.15. The van der Waals surface area contributed by atoms with Gasteiger partial charge in [0, 0.05) is 0 Å². The molecule has 82 valence electrons. The van der Waals surface area contributed by atoms with Gasteiger partial charge in [-0.05, 0) is 18.8 Å². The zero-order chi connectivity index (χ0) is 10.4. The normalized spacial score (nSPS) is 18.7. The van der Waals surface area contributed by atoms with Crippen LogP contribution in [-0.4, -0.2) is 18.6 Å². The standard InChI is InChI=1S/C11H21NO2/c1-2-4-10(12)11(13)14-8-7-9-5-3-6-9/h9-10H,2-8,12H2,1H3. The maximum Gasteiger partial charge on any atom is 0.322 e. The van der Waals surface area contributed by atoms with Crippen LogP contribution in [0.1, 0.15) is 45.4 Å². The number of hydrogen-bond donors (Lipinski definition) is 1. The van der Waals surface area contributed by atoms with Gasteiger partial charge in [0.1, 0.15) is 6.04 Å². The first-order valence-electron chi connectivity index (χ1n) is 5.66. The van der Waals surface area contributed by atoms with Crippen molar-refractivity contribution in [2.45, 2.75) is 51.5 Å². The molecule has 1 atom stereocenters. The summed E-state index contributed by atoms with van der Waals surface area (Å²) in [6.07, 6.45) is 6.62. The van der Waals surface area contributed by atoms with Crippen LogP contribution >= 0.6 is 0 Å². The van der Waals surface area contributed by atoms with Crippen LogP contribution in [0.15, 0.2) is 0 Å². The summed E-state index contributed by atoms with van der Waals surface area (Å²) in [4.78, 5) is 11.3. The van der Waals surface area contributed by atoms with Gasteiger partial charge in [0.05, 0.1) is 6.61 Å². The fraction of sp³-hybridized carbons (Fsp3) is 0.909. The van der Waals surface area contributed by atoms with E-state index in [2.05, 4.69) is 0 Å². The lowest BCUT2D eigenvalue weighted by Gasteiger charge is -2.25. The monoisotopic (exact) mass is 199 g/mol. The van der Waals surface area contributed by atoms with Gasteiger partial charge in [-0.1, -0.05) is 32.6 Å². The van der Waals surface area contributed by atoms with E-state index in [-0.39, 0.29) is 5.97 Å². The maximum absolute atomic E-state index is 11.3. The van der Waals surface area contributed by atoms with Gasteiger partial charge < -0.3 is 10.5 Å². The first-order chi connectivity index (χ1) is 6.74. The first kappa shape index (κ1) is 11.5. The number of nitrogens with two attached hydrogens (primary N) is 1. The van der Waals surface area contributed by atoms with Crippen molar-refractivity contribution in [3.63, 3.8) is 0 Å². The molecule has 1 rings (SSSR count). The van der Waals surface area contributed by atoms with Crippen LogP contribution in [0.2, 0.25) is 0 Å². The Morgan fingerprint density at radius 3 is 2.79 bits per heavy atom. The van der Waals surface area contributed by atoms with Crippen molar-refractivity contribution < 1.29 is 9.53 Å². The van der Waals surface area contributed by atoms with Crippen molar-refractivity contribution in [2.24, 2.45) is 11.7 Å². The van der Waals surface area contributed by atoms with E-state index in [1.807, 2.05) is 6.92 Å². The summed E-state index contributed by atoms with van der Waals surface area (Å²) in [6, 6.07) is -0.415. The highest BCUT2D eigenvalue weighted by molar-refractivity contribution is 5.75. The summed E-state index contributed by atoms with van der Waals surface area (Å²) in [5, 5.41) is 0. The molecular weight excluding hydrogens is 178 g/mol. The van der Waals surface area contributed by atoms with Crippen LogP contribution in [0.25, 0.3) is 0 Å². The average molecular weight is 199 g/mol. The van der Waals surface area contributed by atoms with Gasteiger partial charge in [-0.3, -0.25) is 4.79 Å². The van der Waals surface area contributed by atoms with Crippen molar-refractivity contribution in [1.82, 2.24) is 0 Å². The number of carbonyl (C=O) groups excluding carboxylic acids is 1. The van der Waals surface area contributed by atoms with E-state index in [4.69, 9.17) is 10.5 Å². The molecule has 0 heterocycles. The average Bonchev–Trinajstić information content (AvgIpc) is 2.09. The second kappa shape index (κ2) is 6.02. The summed E-state index contributed by atoms with van der Waals surface area (Å²) in [5.41, 5.74) is 5.62. The molecular formula is C11H21NO2. The quantitative estimate of drug-likeness (QED) is 0.664. The molecule has 2 N–H and O–H groups in total. The molecule has 1 aliphatic rings. The molecule has 1 unspecified atom stereocenters. The zero-order valence-corrected chi connectivity index (χ0v) is 9.00. The first-order valence-corrected chi connectivity index (χ1v) is 5.66.